The fourth-order valence-corrected chi connectivity index (χ4v) is 4.78. The van der Waals surface area contributed by atoms with Crippen LogP contribution in [0.1, 0.15) is 29.7 Å². The van der Waals surface area contributed by atoms with E-state index in [0.717, 1.165) is 35.3 Å². The topological polar surface area (TPSA) is 51.2 Å². The molecule has 0 unspecified atom stereocenters. The molecular formula is C23H24N2O2S. The molecule has 4 nitrogen and oxygen atoms in total. The third kappa shape index (κ3) is 3.00. The SMILES string of the molecule is CNc1c(C)nsc1-c1ccc(-c2ccc(C3(C(=O)OC)CC3)cc2)c(C)c1. The molecule has 1 fully saturated rings. The lowest BCUT2D eigenvalue weighted by atomic mass is 9.92. The molecule has 3 aromatic rings. The Balaban J connectivity index is 1.64. The molecule has 0 radical (unpaired) electrons. The summed E-state index contributed by atoms with van der Waals surface area (Å²) < 4.78 is 9.47. The van der Waals surface area contributed by atoms with Crippen molar-refractivity contribution in [3.63, 3.8) is 0 Å². The van der Waals surface area contributed by atoms with Crippen LogP contribution in [0.15, 0.2) is 42.5 Å². The van der Waals surface area contributed by atoms with Crippen LogP contribution in [-0.2, 0) is 14.9 Å². The number of anilines is 1. The first-order valence-electron chi connectivity index (χ1n) is 9.44. The number of hydrogen-bond donors (Lipinski definition) is 1. The lowest BCUT2D eigenvalue weighted by molar-refractivity contribution is -0.143. The van der Waals surface area contributed by atoms with E-state index in [2.05, 4.69) is 59.1 Å². The molecule has 0 bridgehead atoms. The van der Waals surface area contributed by atoms with E-state index in [0.29, 0.717) is 0 Å². The number of hydrogen-bond acceptors (Lipinski definition) is 5. The Morgan fingerprint density at radius 2 is 1.79 bits per heavy atom. The molecule has 28 heavy (non-hydrogen) atoms. The van der Waals surface area contributed by atoms with Crippen molar-refractivity contribution in [2.75, 3.05) is 19.5 Å². The van der Waals surface area contributed by atoms with Crippen LogP contribution in [0.4, 0.5) is 5.69 Å². The van der Waals surface area contributed by atoms with Gasteiger partial charge in [-0.1, -0.05) is 36.4 Å². The highest BCUT2D eigenvalue weighted by molar-refractivity contribution is 7.10. The maximum atomic E-state index is 12.1. The lowest BCUT2D eigenvalue weighted by Crippen LogP contribution is -2.21. The van der Waals surface area contributed by atoms with Crippen LogP contribution in [0.3, 0.4) is 0 Å². The number of methoxy groups -OCH3 is 1. The minimum Gasteiger partial charge on any atom is -0.468 e. The molecule has 1 aliphatic carbocycles. The van der Waals surface area contributed by atoms with Crippen molar-refractivity contribution >= 4 is 23.2 Å². The number of nitrogens with zero attached hydrogens (tertiary/aromatic N) is 1. The van der Waals surface area contributed by atoms with Gasteiger partial charge in [-0.15, -0.1) is 0 Å². The Bertz CT molecular complexity index is 1030. The average molecular weight is 393 g/mol. The number of carbonyl (C=O) groups excluding carboxylic acids is 1. The van der Waals surface area contributed by atoms with Gasteiger partial charge in [0.15, 0.2) is 0 Å². The predicted octanol–water partition coefficient (Wildman–Crippen LogP) is 5.34. The maximum absolute atomic E-state index is 12.1. The van der Waals surface area contributed by atoms with Crippen molar-refractivity contribution in [2.45, 2.75) is 32.1 Å². The van der Waals surface area contributed by atoms with E-state index >= 15 is 0 Å². The van der Waals surface area contributed by atoms with Crippen LogP contribution < -0.4 is 5.32 Å². The first-order chi connectivity index (χ1) is 13.5. The number of esters is 1. The Morgan fingerprint density at radius 3 is 2.36 bits per heavy atom. The summed E-state index contributed by atoms with van der Waals surface area (Å²) in [4.78, 5) is 13.3. The largest absolute Gasteiger partial charge is 0.468 e. The molecule has 1 aliphatic rings. The zero-order valence-corrected chi connectivity index (χ0v) is 17.4. The van der Waals surface area contributed by atoms with Crippen molar-refractivity contribution in [3.05, 3.63) is 59.3 Å². The molecule has 2 aromatic carbocycles. The third-order valence-electron chi connectivity index (χ3n) is 5.68. The van der Waals surface area contributed by atoms with E-state index < -0.39 is 5.41 Å². The van der Waals surface area contributed by atoms with Gasteiger partial charge in [-0.2, -0.15) is 4.37 Å². The van der Waals surface area contributed by atoms with E-state index in [1.165, 1.54) is 40.2 Å². The van der Waals surface area contributed by atoms with Gasteiger partial charge in [-0.25, -0.2) is 0 Å². The Hall–Kier alpha value is -2.66. The minimum atomic E-state index is -0.417. The first kappa shape index (κ1) is 18.7. The number of ether oxygens (including phenoxy) is 1. The highest BCUT2D eigenvalue weighted by Gasteiger charge is 2.52. The van der Waals surface area contributed by atoms with Crippen molar-refractivity contribution in [3.8, 4) is 21.6 Å². The van der Waals surface area contributed by atoms with Gasteiger partial charge in [0.1, 0.15) is 0 Å². The van der Waals surface area contributed by atoms with Crippen LogP contribution in [0, 0.1) is 13.8 Å². The van der Waals surface area contributed by atoms with Crippen LogP contribution in [0.5, 0.6) is 0 Å². The lowest BCUT2D eigenvalue weighted by Gasteiger charge is -2.14. The van der Waals surface area contributed by atoms with Crippen molar-refractivity contribution in [2.24, 2.45) is 0 Å². The molecule has 0 atom stereocenters. The van der Waals surface area contributed by atoms with Crippen LogP contribution in [-0.4, -0.2) is 24.5 Å². The number of rotatable bonds is 5. The summed E-state index contributed by atoms with van der Waals surface area (Å²) in [6.07, 6.45) is 1.74. The molecule has 0 spiro atoms. The van der Waals surface area contributed by atoms with Gasteiger partial charge in [-0.05, 0) is 72.1 Å². The number of nitrogens with one attached hydrogen (secondary N) is 1. The van der Waals surface area contributed by atoms with Crippen molar-refractivity contribution in [1.29, 1.82) is 0 Å². The highest BCUT2D eigenvalue weighted by Crippen LogP contribution is 2.49. The smallest absolute Gasteiger partial charge is 0.316 e. The number of aromatic nitrogens is 1. The summed E-state index contributed by atoms with van der Waals surface area (Å²) in [5.41, 5.74) is 7.51. The summed E-state index contributed by atoms with van der Waals surface area (Å²) in [6, 6.07) is 14.9. The molecule has 0 amide bonds. The average Bonchev–Trinajstić information content (AvgIpc) is 3.44. The first-order valence-corrected chi connectivity index (χ1v) is 10.2. The van der Waals surface area contributed by atoms with Gasteiger partial charge in [0.25, 0.3) is 0 Å². The second-order valence-corrected chi connectivity index (χ2v) is 8.18. The van der Waals surface area contributed by atoms with Gasteiger partial charge in [0.05, 0.1) is 28.8 Å². The van der Waals surface area contributed by atoms with E-state index in [-0.39, 0.29) is 5.97 Å². The van der Waals surface area contributed by atoms with Gasteiger partial charge < -0.3 is 10.1 Å². The molecule has 144 valence electrons. The normalized spacial score (nSPS) is 14.6. The molecule has 1 heterocycles. The minimum absolute atomic E-state index is 0.124. The van der Waals surface area contributed by atoms with Crippen molar-refractivity contribution in [1.82, 2.24) is 4.37 Å². The Morgan fingerprint density at radius 1 is 1.11 bits per heavy atom. The number of aryl methyl sites for hydroxylation is 2. The Labute approximate surface area is 169 Å². The second-order valence-electron chi connectivity index (χ2n) is 7.40. The zero-order valence-electron chi connectivity index (χ0n) is 16.6. The summed E-state index contributed by atoms with van der Waals surface area (Å²) in [6.45, 7) is 4.16. The maximum Gasteiger partial charge on any atom is 0.316 e. The molecule has 4 rings (SSSR count). The molecule has 0 saturated heterocycles. The summed E-state index contributed by atoms with van der Waals surface area (Å²) in [7, 11) is 3.40. The van der Waals surface area contributed by atoms with E-state index in [1.807, 2.05) is 14.0 Å². The summed E-state index contributed by atoms with van der Waals surface area (Å²) in [5, 5.41) is 3.26. The molecule has 0 aliphatic heterocycles. The zero-order chi connectivity index (χ0) is 19.9. The van der Waals surface area contributed by atoms with Crippen LogP contribution in [0.25, 0.3) is 21.6 Å². The summed E-state index contributed by atoms with van der Waals surface area (Å²) in [5.74, 6) is -0.124. The van der Waals surface area contributed by atoms with Gasteiger partial charge in [0.2, 0.25) is 0 Å². The number of carbonyl (C=O) groups is 1. The second kappa shape index (κ2) is 7.06. The van der Waals surface area contributed by atoms with Gasteiger partial charge >= 0.3 is 5.97 Å². The van der Waals surface area contributed by atoms with Crippen LogP contribution in [0.2, 0.25) is 0 Å². The fourth-order valence-electron chi connectivity index (χ4n) is 3.89. The van der Waals surface area contributed by atoms with Crippen molar-refractivity contribution < 1.29 is 9.53 Å². The summed E-state index contributed by atoms with van der Waals surface area (Å²) >= 11 is 1.52. The monoisotopic (exact) mass is 392 g/mol. The fraction of sp³-hybridized carbons (Fsp3) is 0.304. The quantitative estimate of drug-likeness (QED) is 0.596. The third-order valence-corrected chi connectivity index (χ3v) is 6.66. The van der Waals surface area contributed by atoms with Gasteiger partial charge in [0, 0.05) is 7.05 Å². The molecule has 5 heteroatoms. The van der Waals surface area contributed by atoms with Crippen LogP contribution >= 0.6 is 11.5 Å². The predicted molar refractivity (Wildman–Crippen MR) is 115 cm³/mol. The molecule has 1 saturated carbocycles. The highest BCUT2D eigenvalue weighted by atomic mass is 32.1. The standard InChI is InChI=1S/C23H24N2O2S/c1-14-13-17(21-20(24-3)15(2)25-28-21)7-10-19(14)16-5-8-18(9-6-16)23(11-12-23)22(26)27-4/h5-10,13,24H,11-12H2,1-4H3. The molecular weight excluding hydrogens is 368 g/mol. The van der Waals surface area contributed by atoms with E-state index in [4.69, 9.17) is 4.74 Å². The molecule has 1 N–H and O–H groups in total. The van der Waals surface area contributed by atoms with E-state index in [1.54, 1.807) is 0 Å². The van der Waals surface area contributed by atoms with Gasteiger partial charge in [-0.3, -0.25) is 4.79 Å². The number of benzene rings is 2. The Kier molecular flexibility index (Phi) is 4.71. The van der Waals surface area contributed by atoms with E-state index in [9.17, 15) is 4.79 Å². The molecule has 1 aromatic heterocycles.